The molecule has 33 heavy (non-hydrogen) atoms. The third-order valence-corrected chi connectivity index (χ3v) is 6.47. The number of thioether (sulfide) groups is 1. The molecule has 2 heterocycles. The third kappa shape index (κ3) is 4.41. The second kappa shape index (κ2) is 9.58. The highest BCUT2D eigenvalue weighted by atomic mass is 32.2. The van der Waals surface area contributed by atoms with E-state index in [0.717, 1.165) is 12.8 Å². The van der Waals surface area contributed by atoms with Crippen LogP contribution in [0, 0.1) is 0 Å². The summed E-state index contributed by atoms with van der Waals surface area (Å²) in [5, 5.41) is 12.0. The van der Waals surface area contributed by atoms with Gasteiger partial charge in [0.05, 0.1) is 21.8 Å². The maximum Gasteiger partial charge on any atom is 0.262 e. The maximum absolute atomic E-state index is 13.1. The highest BCUT2D eigenvalue weighted by molar-refractivity contribution is 8.00. The fourth-order valence-corrected chi connectivity index (χ4v) is 4.53. The lowest BCUT2D eigenvalue weighted by molar-refractivity contribution is -0.115. The molecule has 0 aliphatic rings. The maximum atomic E-state index is 13.1. The van der Waals surface area contributed by atoms with E-state index < -0.39 is 5.25 Å². The van der Waals surface area contributed by atoms with Crippen molar-refractivity contribution in [2.75, 3.05) is 5.32 Å². The molecular weight excluding hydrogens is 438 g/mol. The predicted molar refractivity (Wildman–Crippen MR) is 130 cm³/mol. The zero-order valence-electron chi connectivity index (χ0n) is 18.7. The summed E-state index contributed by atoms with van der Waals surface area (Å²) in [6.45, 7) is 5.85. The molecule has 0 radical (unpaired) electrons. The molecular formula is C24H25N5O3S. The van der Waals surface area contributed by atoms with Gasteiger partial charge in [0.1, 0.15) is 0 Å². The molecule has 0 spiro atoms. The van der Waals surface area contributed by atoms with Crippen LogP contribution in [-0.4, -0.2) is 36.1 Å². The molecule has 1 atom stereocenters. The van der Waals surface area contributed by atoms with Gasteiger partial charge in [0.15, 0.2) is 10.9 Å². The molecule has 4 rings (SSSR count). The number of carbonyl (C=O) groups excluding carboxylic acids is 2. The van der Waals surface area contributed by atoms with Crippen molar-refractivity contribution in [3.8, 4) is 0 Å². The number of amides is 1. The molecule has 0 aliphatic heterocycles. The summed E-state index contributed by atoms with van der Waals surface area (Å²) >= 11 is 1.25. The van der Waals surface area contributed by atoms with Gasteiger partial charge in [0.25, 0.3) is 5.56 Å². The predicted octanol–water partition coefficient (Wildman–Crippen LogP) is 4.17. The number of hydrogen-bond donors (Lipinski definition) is 1. The van der Waals surface area contributed by atoms with Gasteiger partial charge >= 0.3 is 0 Å². The molecule has 4 aromatic rings. The Morgan fingerprint density at radius 2 is 1.82 bits per heavy atom. The number of carbonyl (C=O) groups is 2. The van der Waals surface area contributed by atoms with Crippen LogP contribution >= 0.6 is 11.8 Å². The van der Waals surface area contributed by atoms with Gasteiger partial charge in [-0.2, -0.15) is 0 Å². The van der Waals surface area contributed by atoms with Crippen molar-refractivity contribution in [1.82, 2.24) is 19.2 Å². The van der Waals surface area contributed by atoms with Crippen molar-refractivity contribution in [2.45, 2.75) is 50.6 Å². The molecule has 1 N–H and O–H groups in total. The van der Waals surface area contributed by atoms with E-state index in [9.17, 15) is 14.4 Å². The van der Waals surface area contributed by atoms with E-state index >= 15 is 0 Å². The monoisotopic (exact) mass is 463 g/mol. The Balaban J connectivity index is 1.69. The highest BCUT2D eigenvalue weighted by Gasteiger charge is 2.22. The Morgan fingerprint density at radius 3 is 2.58 bits per heavy atom. The number of nitrogens with one attached hydrogen (secondary N) is 1. The smallest absolute Gasteiger partial charge is 0.262 e. The molecule has 2 aromatic carbocycles. The normalized spacial score (nSPS) is 12.2. The number of aromatic nitrogens is 4. The van der Waals surface area contributed by atoms with Gasteiger partial charge in [-0.1, -0.05) is 49.4 Å². The number of fused-ring (bicyclic) bond motifs is 3. The van der Waals surface area contributed by atoms with Crippen molar-refractivity contribution in [2.24, 2.45) is 0 Å². The minimum absolute atomic E-state index is 0.0952. The number of para-hydroxylation sites is 2. The molecule has 0 aliphatic carbocycles. The first-order valence-electron chi connectivity index (χ1n) is 10.9. The first kappa shape index (κ1) is 22.7. The third-order valence-electron chi connectivity index (χ3n) is 5.43. The van der Waals surface area contributed by atoms with E-state index in [-0.39, 0.29) is 17.2 Å². The minimum atomic E-state index is -0.521. The van der Waals surface area contributed by atoms with Gasteiger partial charge in [-0.05, 0) is 44.5 Å². The van der Waals surface area contributed by atoms with Crippen LogP contribution in [-0.2, 0) is 11.3 Å². The van der Waals surface area contributed by atoms with E-state index in [1.54, 1.807) is 41.8 Å². The van der Waals surface area contributed by atoms with Crippen LogP contribution in [0.5, 0.6) is 0 Å². The molecule has 0 saturated carbocycles. The van der Waals surface area contributed by atoms with Crippen LogP contribution < -0.4 is 10.9 Å². The summed E-state index contributed by atoms with van der Waals surface area (Å²) in [6.07, 6.45) is 1.79. The fraction of sp³-hybridized carbons (Fsp3) is 0.292. The second-order valence-corrected chi connectivity index (χ2v) is 9.10. The zero-order valence-corrected chi connectivity index (χ0v) is 19.6. The molecule has 0 saturated heterocycles. The Kier molecular flexibility index (Phi) is 6.60. The average Bonchev–Trinajstić information content (AvgIpc) is 3.22. The molecule has 8 nitrogen and oxygen atoms in total. The summed E-state index contributed by atoms with van der Waals surface area (Å²) in [7, 11) is 0. The van der Waals surface area contributed by atoms with Gasteiger partial charge in [-0.15, -0.1) is 10.2 Å². The number of unbranched alkanes of at least 4 members (excludes halogenated alkanes) is 1. The fourth-order valence-electron chi connectivity index (χ4n) is 3.67. The van der Waals surface area contributed by atoms with E-state index in [1.807, 2.05) is 22.6 Å². The van der Waals surface area contributed by atoms with Crippen molar-refractivity contribution >= 4 is 45.8 Å². The minimum Gasteiger partial charge on any atom is -0.324 e. The van der Waals surface area contributed by atoms with Gasteiger partial charge in [-0.3, -0.25) is 23.4 Å². The van der Waals surface area contributed by atoms with E-state index in [1.165, 1.54) is 18.7 Å². The zero-order chi connectivity index (χ0) is 23.5. The standard InChI is InChI=1S/C24H25N5O3S/c1-4-5-14-28-22(32)18-11-7-9-13-20(18)29-23(28)26-27-24(29)33-16(3)21(31)25-19-12-8-6-10-17(19)15(2)30/h6-13,16H,4-5,14H2,1-3H3,(H,25,31). The summed E-state index contributed by atoms with van der Waals surface area (Å²) in [6, 6.07) is 14.3. The lowest BCUT2D eigenvalue weighted by Gasteiger charge is -2.14. The number of Topliss-reactive ketones (excluding diaryl/α,β-unsaturated/α-hetero) is 1. The largest absolute Gasteiger partial charge is 0.324 e. The number of aryl methyl sites for hydroxylation is 1. The molecule has 9 heteroatoms. The molecule has 170 valence electrons. The summed E-state index contributed by atoms with van der Waals surface area (Å²) < 4.78 is 3.49. The Hall–Kier alpha value is -3.46. The van der Waals surface area contributed by atoms with Crippen LogP contribution in [0.4, 0.5) is 5.69 Å². The number of anilines is 1. The van der Waals surface area contributed by atoms with Crippen LogP contribution in [0.3, 0.4) is 0 Å². The SMILES string of the molecule is CCCCn1c(=O)c2ccccc2n2c(SC(C)C(=O)Nc3ccccc3C(C)=O)nnc12. The number of nitrogens with zero attached hydrogens (tertiary/aromatic N) is 4. The van der Waals surface area contributed by atoms with Gasteiger partial charge in [0.2, 0.25) is 11.7 Å². The van der Waals surface area contributed by atoms with E-state index in [4.69, 9.17) is 0 Å². The van der Waals surface area contributed by atoms with Crippen LogP contribution in [0.25, 0.3) is 16.7 Å². The Labute approximate surface area is 195 Å². The van der Waals surface area contributed by atoms with Gasteiger partial charge in [0, 0.05) is 12.1 Å². The molecule has 0 fully saturated rings. The van der Waals surface area contributed by atoms with Crippen molar-refractivity contribution < 1.29 is 9.59 Å². The second-order valence-electron chi connectivity index (χ2n) is 7.80. The summed E-state index contributed by atoms with van der Waals surface area (Å²) in [5.41, 5.74) is 1.55. The molecule has 0 bridgehead atoms. The molecule has 2 aromatic heterocycles. The average molecular weight is 464 g/mol. The van der Waals surface area contributed by atoms with Crippen molar-refractivity contribution in [1.29, 1.82) is 0 Å². The Morgan fingerprint density at radius 1 is 1.09 bits per heavy atom. The number of benzene rings is 2. The lowest BCUT2D eigenvalue weighted by Crippen LogP contribution is -2.25. The van der Waals surface area contributed by atoms with Gasteiger partial charge in [-0.25, -0.2) is 0 Å². The van der Waals surface area contributed by atoms with Crippen LogP contribution in [0.15, 0.2) is 58.5 Å². The number of ketones is 1. The Bertz CT molecular complexity index is 1410. The quantitative estimate of drug-likeness (QED) is 0.311. The van der Waals surface area contributed by atoms with Crippen LogP contribution in [0.2, 0.25) is 0 Å². The summed E-state index contributed by atoms with van der Waals surface area (Å²) in [4.78, 5) is 37.9. The lowest BCUT2D eigenvalue weighted by atomic mass is 10.1. The van der Waals surface area contributed by atoms with Crippen molar-refractivity contribution in [3.63, 3.8) is 0 Å². The molecule has 1 unspecified atom stereocenters. The highest BCUT2D eigenvalue weighted by Crippen LogP contribution is 2.26. The van der Waals surface area contributed by atoms with Gasteiger partial charge < -0.3 is 5.32 Å². The topological polar surface area (TPSA) is 98.4 Å². The first-order valence-corrected chi connectivity index (χ1v) is 11.7. The van der Waals surface area contributed by atoms with E-state index in [2.05, 4.69) is 22.4 Å². The summed E-state index contributed by atoms with van der Waals surface area (Å²) in [5.74, 6) is 0.0874. The van der Waals surface area contributed by atoms with Crippen molar-refractivity contribution in [3.05, 3.63) is 64.4 Å². The number of hydrogen-bond acceptors (Lipinski definition) is 6. The number of rotatable bonds is 8. The first-order chi connectivity index (χ1) is 15.9. The van der Waals surface area contributed by atoms with E-state index in [0.29, 0.717) is 39.6 Å². The molecule has 1 amide bonds. The van der Waals surface area contributed by atoms with Crippen LogP contribution in [0.1, 0.15) is 44.0 Å².